The van der Waals surface area contributed by atoms with Crippen LogP contribution in [0.4, 0.5) is 5.88 Å². The van der Waals surface area contributed by atoms with Gasteiger partial charge in [0.2, 0.25) is 17.7 Å². The summed E-state index contributed by atoms with van der Waals surface area (Å²) in [6.45, 7) is 3.90. The van der Waals surface area contributed by atoms with Crippen molar-refractivity contribution in [3.8, 4) is 21.8 Å². The first-order valence-corrected chi connectivity index (χ1v) is 8.94. The van der Waals surface area contributed by atoms with E-state index in [1.165, 1.54) is 11.3 Å². The number of carbonyl (C=O) groups excluding carboxylic acids is 2. The van der Waals surface area contributed by atoms with Crippen LogP contribution in [0, 0.1) is 5.92 Å². The molecule has 0 atom stereocenters. The Balaban J connectivity index is 2.13. The van der Waals surface area contributed by atoms with Crippen molar-refractivity contribution in [2.45, 2.75) is 20.3 Å². The number of primary amides is 1. The fourth-order valence-electron chi connectivity index (χ4n) is 2.58. The second-order valence-corrected chi connectivity index (χ2v) is 7.02. The van der Waals surface area contributed by atoms with E-state index in [0.717, 1.165) is 0 Å². The van der Waals surface area contributed by atoms with Crippen LogP contribution in [0.1, 0.15) is 30.6 Å². The Labute approximate surface area is 154 Å². The standard InChI is InChI=1S/C18H18N4O3S/c1-10(2)9-13(23)21-17-14(11-5-3-4-6-12(11)16(19)24)15(22-25-17)18-20-7-8-26-18/h3-8,10H,9H2,1-2H3,(H2,19,24)(H,21,23). The molecule has 0 saturated heterocycles. The fraction of sp³-hybridized carbons (Fsp3) is 0.222. The molecule has 3 N–H and O–H groups in total. The van der Waals surface area contributed by atoms with E-state index in [4.69, 9.17) is 10.3 Å². The van der Waals surface area contributed by atoms with Crippen LogP contribution < -0.4 is 11.1 Å². The Hall–Kier alpha value is -3.00. The van der Waals surface area contributed by atoms with E-state index in [-0.39, 0.29) is 17.7 Å². The molecule has 0 aliphatic carbocycles. The number of nitrogens with one attached hydrogen (secondary N) is 1. The van der Waals surface area contributed by atoms with E-state index >= 15 is 0 Å². The average molecular weight is 370 g/mol. The minimum absolute atomic E-state index is 0.176. The smallest absolute Gasteiger partial charge is 0.249 e. The SMILES string of the molecule is CC(C)CC(=O)Nc1onc(-c2nccs2)c1-c1ccccc1C(N)=O. The Kier molecular flexibility index (Phi) is 5.13. The number of hydrogen-bond donors (Lipinski definition) is 2. The Morgan fingerprint density at radius 1 is 1.31 bits per heavy atom. The zero-order valence-electron chi connectivity index (χ0n) is 14.4. The lowest BCUT2D eigenvalue weighted by atomic mass is 9.99. The maximum Gasteiger partial charge on any atom is 0.249 e. The van der Waals surface area contributed by atoms with Crippen LogP contribution in [0.3, 0.4) is 0 Å². The fourth-order valence-corrected chi connectivity index (χ4v) is 3.20. The number of nitrogens with two attached hydrogens (primary N) is 1. The predicted molar refractivity (Wildman–Crippen MR) is 99.6 cm³/mol. The predicted octanol–water partition coefficient (Wildman–Crippen LogP) is 3.55. The summed E-state index contributed by atoms with van der Waals surface area (Å²) in [4.78, 5) is 28.3. The molecule has 3 aromatic rings. The lowest BCUT2D eigenvalue weighted by Crippen LogP contribution is -2.15. The second-order valence-electron chi connectivity index (χ2n) is 6.13. The van der Waals surface area contributed by atoms with E-state index in [2.05, 4.69) is 15.5 Å². The maximum absolute atomic E-state index is 12.2. The monoisotopic (exact) mass is 370 g/mol. The number of thiazole rings is 1. The molecule has 0 fully saturated rings. The van der Waals surface area contributed by atoms with Crippen molar-refractivity contribution in [2.75, 3.05) is 5.32 Å². The first kappa shape index (κ1) is 17.8. The largest absolute Gasteiger partial charge is 0.366 e. The van der Waals surface area contributed by atoms with Crippen LogP contribution in [0.5, 0.6) is 0 Å². The van der Waals surface area contributed by atoms with Gasteiger partial charge in [0.1, 0.15) is 5.01 Å². The zero-order chi connectivity index (χ0) is 18.7. The molecule has 0 bridgehead atoms. The van der Waals surface area contributed by atoms with Gasteiger partial charge in [-0.25, -0.2) is 4.98 Å². The third kappa shape index (κ3) is 3.65. The molecule has 134 valence electrons. The van der Waals surface area contributed by atoms with Gasteiger partial charge in [-0.3, -0.25) is 14.9 Å². The molecule has 2 amide bonds. The highest BCUT2D eigenvalue weighted by molar-refractivity contribution is 7.13. The van der Waals surface area contributed by atoms with Crippen molar-refractivity contribution in [1.82, 2.24) is 10.1 Å². The highest BCUT2D eigenvalue weighted by Gasteiger charge is 2.25. The lowest BCUT2D eigenvalue weighted by molar-refractivity contribution is -0.117. The summed E-state index contributed by atoms with van der Waals surface area (Å²) in [7, 11) is 0. The van der Waals surface area contributed by atoms with Crippen LogP contribution in [0.15, 0.2) is 40.4 Å². The number of carbonyl (C=O) groups is 2. The van der Waals surface area contributed by atoms with Gasteiger partial charge in [-0.05, 0) is 12.0 Å². The minimum atomic E-state index is -0.577. The van der Waals surface area contributed by atoms with Crippen molar-refractivity contribution < 1.29 is 14.1 Å². The number of hydrogen-bond acceptors (Lipinski definition) is 6. The minimum Gasteiger partial charge on any atom is -0.366 e. The van der Waals surface area contributed by atoms with E-state index in [1.54, 1.807) is 30.5 Å². The van der Waals surface area contributed by atoms with E-state index in [9.17, 15) is 9.59 Å². The molecule has 0 aliphatic rings. The van der Waals surface area contributed by atoms with Gasteiger partial charge >= 0.3 is 0 Å². The van der Waals surface area contributed by atoms with Crippen LogP contribution in [0.25, 0.3) is 21.8 Å². The Morgan fingerprint density at radius 2 is 2.08 bits per heavy atom. The van der Waals surface area contributed by atoms with Gasteiger partial charge in [0.25, 0.3) is 0 Å². The highest BCUT2D eigenvalue weighted by atomic mass is 32.1. The molecule has 1 aromatic carbocycles. The van der Waals surface area contributed by atoms with Gasteiger partial charge in [-0.1, -0.05) is 37.2 Å². The summed E-state index contributed by atoms with van der Waals surface area (Å²) in [6.07, 6.45) is 1.99. The first-order chi connectivity index (χ1) is 12.5. The number of nitrogens with zero attached hydrogens (tertiary/aromatic N) is 2. The van der Waals surface area contributed by atoms with Gasteiger partial charge in [0, 0.05) is 29.1 Å². The maximum atomic E-state index is 12.2. The summed E-state index contributed by atoms with van der Waals surface area (Å²) in [5.74, 6) is -0.404. The third-order valence-corrected chi connectivity index (χ3v) is 4.42. The second kappa shape index (κ2) is 7.49. The topological polar surface area (TPSA) is 111 Å². The van der Waals surface area contributed by atoms with Gasteiger partial charge < -0.3 is 10.3 Å². The molecular formula is C18H18N4O3S. The quantitative estimate of drug-likeness (QED) is 0.689. The first-order valence-electron chi connectivity index (χ1n) is 8.06. The van der Waals surface area contributed by atoms with Crippen molar-refractivity contribution >= 4 is 29.0 Å². The molecule has 3 rings (SSSR count). The van der Waals surface area contributed by atoms with Gasteiger partial charge in [0.15, 0.2) is 5.69 Å². The zero-order valence-corrected chi connectivity index (χ0v) is 15.2. The number of benzene rings is 1. The number of amides is 2. The summed E-state index contributed by atoms with van der Waals surface area (Å²) in [6, 6.07) is 6.86. The van der Waals surface area contributed by atoms with Crippen molar-refractivity contribution in [1.29, 1.82) is 0 Å². The van der Waals surface area contributed by atoms with Crippen LogP contribution >= 0.6 is 11.3 Å². The Morgan fingerprint density at radius 3 is 2.73 bits per heavy atom. The molecular weight excluding hydrogens is 352 g/mol. The highest BCUT2D eigenvalue weighted by Crippen LogP contribution is 2.40. The molecule has 0 aliphatic heterocycles. The van der Waals surface area contributed by atoms with Crippen LogP contribution in [0.2, 0.25) is 0 Å². The molecule has 26 heavy (non-hydrogen) atoms. The van der Waals surface area contributed by atoms with E-state index in [1.807, 2.05) is 19.2 Å². The number of anilines is 1. The average Bonchev–Trinajstić information content (AvgIpc) is 3.23. The molecule has 0 saturated carbocycles. The molecule has 2 aromatic heterocycles. The summed E-state index contributed by atoms with van der Waals surface area (Å²) in [5.41, 5.74) is 7.31. The summed E-state index contributed by atoms with van der Waals surface area (Å²) in [5, 5.41) is 9.25. The Bertz CT molecular complexity index is 932. The van der Waals surface area contributed by atoms with Gasteiger partial charge in [0.05, 0.1) is 5.56 Å². The molecule has 2 heterocycles. The van der Waals surface area contributed by atoms with Gasteiger partial charge in [-0.15, -0.1) is 11.3 Å². The molecule has 7 nitrogen and oxygen atoms in total. The molecule has 0 spiro atoms. The van der Waals surface area contributed by atoms with E-state index in [0.29, 0.717) is 33.8 Å². The van der Waals surface area contributed by atoms with Crippen molar-refractivity contribution in [3.05, 3.63) is 41.4 Å². The normalized spacial score (nSPS) is 10.9. The summed E-state index contributed by atoms with van der Waals surface area (Å²) >= 11 is 1.38. The third-order valence-electron chi connectivity index (χ3n) is 3.64. The van der Waals surface area contributed by atoms with Crippen LogP contribution in [-0.4, -0.2) is 22.0 Å². The lowest BCUT2D eigenvalue weighted by Gasteiger charge is -2.09. The number of rotatable bonds is 6. The summed E-state index contributed by atoms with van der Waals surface area (Å²) < 4.78 is 5.39. The van der Waals surface area contributed by atoms with Crippen molar-refractivity contribution in [2.24, 2.45) is 11.7 Å². The molecule has 0 unspecified atom stereocenters. The number of aromatic nitrogens is 2. The van der Waals surface area contributed by atoms with Crippen molar-refractivity contribution in [3.63, 3.8) is 0 Å². The van der Waals surface area contributed by atoms with Gasteiger partial charge in [-0.2, -0.15) is 0 Å². The van der Waals surface area contributed by atoms with E-state index < -0.39 is 5.91 Å². The van der Waals surface area contributed by atoms with Crippen LogP contribution in [-0.2, 0) is 4.79 Å². The molecule has 8 heteroatoms. The molecule has 0 radical (unpaired) electrons.